The average molecular weight is 475 g/mol. The topological polar surface area (TPSA) is 54.2 Å². The normalized spacial score (nSPS) is 11.1. The van der Waals surface area contributed by atoms with Crippen LogP contribution in [0.1, 0.15) is 22.6 Å². The molecule has 0 unspecified atom stereocenters. The molecule has 0 aliphatic rings. The first kappa shape index (κ1) is 21.0. The number of guanidine groups is 1. The third-order valence-electron chi connectivity index (χ3n) is 4.32. The number of nitrogens with one attached hydrogen (secondary N) is 2. The van der Waals surface area contributed by atoms with Crippen molar-refractivity contribution in [2.24, 2.45) is 12.0 Å². The molecule has 1 aromatic heterocycles. The Hall–Kier alpha value is -2.35. The first-order valence-electron chi connectivity index (χ1n) is 8.78. The maximum Gasteiger partial charge on any atom is 0.191 e. The summed E-state index contributed by atoms with van der Waals surface area (Å²) in [5, 5.41) is 11.0. The summed E-state index contributed by atoms with van der Waals surface area (Å²) in [6, 6.07) is 21.1. The quantitative estimate of drug-likeness (QED) is 0.326. The second-order valence-corrected chi connectivity index (χ2v) is 6.20. The molecule has 0 saturated heterocycles. The minimum atomic E-state index is 0. The summed E-state index contributed by atoms with van der Waals surface area (Å²) in [5.74, 6) is 1.04. The predicted octanol–water partition coefficient (Wildman–Crippen LogP) is 3.54. The minimum absolute atomic E-state index is 0. The summed E-state index contributed by atoms with van der Waals surface area (Å²) in [4.78, 5) is 4.34. The largest absolute Gasteiger partial charge is 0.355 e. The van der Waals surface area contributed by atoms with Crippen LogP contribution in [0.2, 0.25) is 0 Å². The number of hydrogen-bond donors (Lipinski definition) is 2. The highest BCUT2D eigenvalue weighted by atomic mass is 127. The molecule has 5 nitrogen and oxygen atoms in total. The summed E-state index contributed by atoms with van der Waals surface area (Å²) in [5.41, 5.74) is 3.70. The molecule has 0 atom stereocenters. The number of nitrogens with zero attached hydrogens (tertiary/aromatic N) is 3. The van der Waals surface area contributed by atoms with E-state index in [0.717, 1.165) is 18.1 Å². The van der Waals surface area contributed by atoms with E-state index < -0.39 is 0 Å². The van der Waals surface area contributed by atoms with E-state index >= 15 is 0 Å². The van der Waals surface area contributed by atoms with Gasteiger partial charge in [0.25, 0.3) is 0 Å². The van der Waals surface area contributed by atoms with Gasteiger partial charge in [-0.2, -0.15) is 5.10 Å². The lowest BCUT2D eigenvalue weighted by molar-refractivity contribution is 0.727. The van der Waals surface area contributed by atoms with E-state index in [1.54, 1.807) is 11.7 Å². The van der Waals surface area contributed by atoms with Gasteiger partial charge in [0.05, 0.1) is 6.20 Å². The summed E-state index contributed by atoms with van der Waals surface area (Å²) in [7, 11) is 3.71. The maximum atomic E-state index is 4.34. The molecule has 0 amide bonds. The average Bonchev–Trinajstić information content (AvgIpc) is 3.11. The highest BCUT2D eigenvalue weighted by molar-refractivity contribution is 14.0. The standard InChI is InChI=1S/C21H25N5.HI/c1-22-21(23-13-17-14-25-26(2)16-17)24-15-20(18-9-5-3-6-10-18)19-11-7-4-8-12-19;/h3-12,14,16,20H,13,15H2,1-2H3,(H2,22,23,24);1H. The number of hydrogen-bond acceptors (Lipinski definition) is 2. The fourth-order valence-corrected chi connectivity index (χ4v) is 2.97. The van der Waals surface area contributed by atoms with Gasteiger partial charge >= 0.3 is 0 Å². The molecule has 0 bridgehead atoms. The predicted molar refractivity (Wildman–Crippen MR) is 122 cm³/mol. The molecule has 2 aromatic carbocycles. The van der Waals surface area contributed by atoms with E-state index in [1.807, 2.05) is 31.6 Å². The van der Waals surface area contributed by atoms with Gasteiger partial charge in [0.2, 0.25) is 0 Å². The lowest BCUT2D eigenvalue weighted by atomic mass is 9.91. The summed E-state index contributed by atoms with van der Waals surface area (Å²) < 4.78 is 1.80. The van der Waals surface area contributed by atoms with Crippen molar-refractivity contribution in [3.05, 3.63) is 89.7 Å². The Bertz CT molecular complexity index is 791. The Balaban J connectivity index is 0.00000261. The molecule has 0 radical (unpaired) electrons. The Labute approximate surface area is 177 Å². The third-order valence-corrected chi connectivity index (χ3v) is 4.32. The molecule has 0 aliphatic heterocycles. The van der Waals surface area contributed by atoms with Crippen LogP contribution in [-0.2, 0) is 13.6 Å². The lowest BCUT2D eigenvalue weighted by Crippen LogP contribution is -2.39. The van der Waals surface area contributed by atoms with Gasteiger partial charge in [0.1, 0.15) is 0 Å². The van der Waals surface area contributed by atoms with E-state index in [9.17, 15) is 0 Å². The van der Waals surface area contributed by atoms with Crippen molar-refractivity contribution >= 4 is 29.9 Å². The van der Waals surface area contributed by atoms with E-state index in [1.165, 1.54) is 11.1 Å². The summed E-state index contributed by atoms with van der Waals surface area (Å²) >= 11 is 0. The zero-order valence-electron chi connectivity index (χ0n) is 15.7. The maximum absolute atomic E-state index is 4.34. The van der Waals surface area contributed by atoms with Gasteiger partial charge in [-0.05, 0) is 11.1 Å². The van der Waals surface area contributed by atoms with Gasteiger partial charge in [-0.3, -0.25) is 9.67 Å². The van der Waals surface area contributed by atoms with Gasteiger partial charge in [-0.15, -0.1) is 24.0 Å². The smallest absolute Gasteiger partial charge is 0.191 e. The number of aryl methyl sites for hydroxylation is 1. The van der Waals surface area contributed by atoms with E-state index in [-0.39, 0.29) is 29.9 Å². The van der Waals surface area contributed by atoms with Crippen LogP contribution in [0, 0.1) is 0 Å². The van der Waals surface area contributed by atoms with Crippen molar-refractivity contribution in [1.29, 1.82) is 0 Å². The van der Waals surface area contributed by atoms with E-state index in [4.69, 9.17) is 0 Å². The highest BCUT2D eigenvalue weighted by Crippen LogP contribution is 2.23. The van der Waals surface area contributed by atoms with Crippen LogP contribution >= 0.6 is 24.0 Å². The first-order chi connectivity index (χ1) is 12.8. The van der Waals surface area contributed by atoms with Gasteiger partial charge in [0.15, 0.2) is 5.96 Å². The molecular formula is C21H26IN5. The van der Waals surface area contributed by atoms with Crippen molar-refractivity contribution in [3.63, 3.8) is 0 Å². The number of halogens is 1. The molecule has 0 saturated carbocycles. The minimum Gasteiger partial charge on any atom is -0.355 e. The Morgan fingerprint density at radius 3 is 2.07 bits per heavy atom. The van der Waals surface area contributed by atoms with E-state index in [0.29, 0.717) is 6.54 Å². The van der Waals surface area contributed by atoms with Gasteiger partial charge in [0, 0.05) is 44.9 Å². The van der Waals surface area contributed by atoms with E-state index in [2.05, 4.69) is 69.3 Å². The molecular weight excluding hydrogens is 449 g/mol. The third kappa shape index (κ3) is 6.09. The molecule has 3 aromatic rings. The molecule has 2 N–H and O–H groups in total. The van der Waals surface area contributed by atoms with Gasteiger partial charge in [-0.25, -0.2) is 0 Å². The van der Waals surface area contributed by atoms with Crippen LogP contribution in [0.4, 0.5) is 0 Å². The van der Waals surface area contributed by atoms with Crippen molar-refractivity contribution < 1.29 is 0 Å². The lowest BCUT2D eigenvalue weighted by Gasteiger charge is -2.20. The molecule has 0 spiro atoms. The number of benzene rings is 2. The Morgan fingerprint density at radius 1 is 1.00 bits per heavy atom. The summed E-state index contributed by atoms with van der Waals surface area (Å²) in [6.45, 7) is 1.45. The second kappa shape index (κ2) is 10.7. The molecule has 6 heteroatoms. The van der Waals surface area contributed by atoms with Gasteiger partial charge in [-0.1, -0.05) is 60.7 Å². The zero-order chi connectivity index (χ0) is 18.2. The second-order valence-electron chi connectivity index (χ2n) is 6.20. The van der Waals surface area contributed by atoms with Crippen LogP contribution in [0.5, 0.6) is 0 Å². The molecule has 1 heterocycles. The van der Waals surface area contributed by atoms with Crippen molar-refractivity contribution in [2.45, 2.75) is 12.5 Å². The van der Waals surface area contributed by atoms with Crippen molar-refractivity contribution in [3.8, 4) is 0 Å². The van der Waals surface area contributed by atoms with Crippen molar-refractivity contribution in [2.75, 3.05) is 13.6 Å². The monoisotopic (exact) mass is 475 g/mol. The number of rotatable bonds is 6. The fraction of sp³-hybridized carbons (Fsp3) is 0.238. The molecule has 142 valence electrons. The van der Waals surface area contributed by atoms with Crippen LogP contribution < -0.4 is 10.6 Å². The fourth-order valence-electron chi connectivity index (χ4n) is 2.97. The number of aliphatic imine (C=N–C) groups is 1. The highest BCUT2D eigenvalue weighted by Gasteiger charge is 2.14. The van der Waals surface area contributed by atoms with Crippen LogP contribution in [0.3, 0.4) is 0 Å². The molecule has 0 aliphatic carbocycles. The zero-order valence-corrected chi connectivity index (χ0v) is 18.0. The molecule has 3 rings (SSSR count). The molecule has 27 heavy (non-hydrogen) atoms. The van der Waals surface area contributed by atoms with Gasteiger partial charge < -0.3 is 10.6 Å². The Kier molecular flexibility index (Phi) is 8.32. The molecule has 0 fully saturated rings. The Morgan fingerprint density at radius 2 is 1.59 bits per heavy atom. The van der Waals surface area contributed by atoms with Crippen molar-refractivity contribution in [1.82, 2.24) is 20.4 Å². The van der Waals surface area contributed by atoms with Crippen LogP contribution in [0.25, 0.3) is 0 Å². The first-order valence-corrected chi connectivity index (χ1v) is 8.78. The SMILES string of the molecule is CN=C(NCc1cnn(C)c1)NCC(c1ccccc1)c1ccccc1.I. The van der Waals surface area contributed by atoms with Crippen LogP contribution in [0.15, 0.2) is 78.0 Å². The van der Waals surface area contributed by atoms with Crippen LogP contribution in [-0.4, -0.2) is 29.3 Å². The summed E-state index contributed by atoms with van der Waals surface area (Å²) in [6.07, 6.45) is 3.86. The number of aromatic nitrogens is 2.